The Morgan fingerprint density at radius 1 is 0.694 bits per heavy atom. The molecule has 0 aliphatic heterocycles. The number of aromatic nitrogens is 5. The van der Waals surface area contributed by atoms with Gasteiger partial charge in [0, 0.05) is 17.2 Å². The van der Waals surface area contributed by atoms with Crippen molar-refractivity contribution in [1.82, 2.24) is 24.6 Å². The van der Waals surface area contributed by atoms with Crippen LogP contribution in [0.4, 0.5) is 0 Å². The number of imidazole rings is 1. The van der Waals surface area contributed by atoms with Gasteiger partial charge in [-0.3, -0.25) is 0 Å². The molecule has 1 N–H and O–H groups in total. The Balaban J connectivity index is 1.62. The molecule has 0 saturated heterocycles. The third kappa shape index (κ3) is 3.60. The van der Waals surface area contributed by atoms with Crippen molar-refractivity contribution < 1.29 is 14.2 Å². The van der Waals surface area contributed by atoms with E-state index in [1.807, 2.05) is 83.4 Å². The molecule has 0 atom stereocenters. The van der Waals surface area contributed by atoms with E-state index in [0.717, 1.165) is 33.5 Å². The summed E-state index contributed by atoms with van der Waals surface area (Å²) in [6.45, 7) is 0. The maximum Gasteiger partial charge on any atom is 0.203 e. The van der Waals surface area contributed by atoms with Crippen LogP contribution in [-0.4, -0.2) is 45.9 Å². The summed E-state index contributed by atoms with van der Waals surface area (Å²) in [5.41, 5.74) is 6.66. The number of nitrogens with one attached hydrogen (secondary N) is 1. The first-order valence-corrected chi connectivity index (χ1v) is 11.4. The fraction of sp³-hybridized carbons (Fsp3) is 0.107. The lowest BCUT2D eigenvalue weighted by Gasteiger charge is -2.15. The number of rotatable bonds is 6. The van der Waals surface area contributed by atoms with Crippen molar-refractivity contribution >= 4 is 16.7 Å². The lowest BCUT2D eigenvalue weighted by Crippen LogP contribution is -2.01. The first-order valence-electron chi connectivity index (χ1n) is 11.4. The Bertz CT molecular complexity index is 1650. The molecular weight excluding hydrogens is 454 g/mol. The first-order chi connectivity index (χ1) is 17.7. The van der Waals surface area contributed by atoms with Gasteiger partial charge in [0.1, 0.15) is 5.69 Å². The van der Waals surface area contributed by atoms with E-state index in [1.165, 1.54) is 0 Å². The van der Waals surface area contributed by atoms with Crippen molar-refractivity contribution in [3.05, 3.63) is 78.9 Å². The fourth-order valence-corrected chi connectivity index (χ4v) is 4.35. The van der Waals surface area contributed by atoms with E-state index in [2.05, 4.69) is 4.98 Å². The molecular formula is C28H23N5O3. The van der Waals surface area contributed by atoms with E-state index in [1.54, 1.807) is 21.3 Å². The largest absolute Gasteiger partial charge is 0.493 e. The van der Waals surface area contributed by atoms with E-state index in [9.17, 15) is 0 Å². The number of para-hydroxylation sites is 2. The van der Waals surface area contributed by atoms with E-state index < -0.39 is 0 Å². The molecule has 0 saturated carbocycles. The summed E-state index contributed by atoms with van der Waals surface area (Å²) in [5.74, 6) is 2.31. The number of H-pyrrole nitrogens is 1. The molecule has 8 heteroatoms. The standard InChI is InChI=1S/C28H23N5O3/c1-34-24-13-18(14-25(35-2)27(24)36-3)23-15-22(28-30-19-11-7-8-12-20(19)31-28)29-26-16-21(32-33(23)26)17-9-5-4-6-10-17/h4-16H,1-3H3,(H,30,31). The van der Waals surface area contributed by atoms with Crippen LogP contribution in [0.15, 0.2) is 78.9 Å². The molecule has 6 rings (SSSR count). The van der Waals surface area contributed by atoms with Crippen molar-refractivity contribution in [3.63, 3.8) is 0 Å². The quantitative estimate of drug-likeness (QED) is 0.334. The number of hydrogen-bond acceptors (Lipinski definition) is 6. The number of benzene rings is 3. The number of hydrogen-bond donors (Lipinski definition) is 1. The molecule has 3 heterocycles. The van der Waals surface area contributed by atoms with Gasteiger partial charge in [0.05, 0.1) is 43.8 Å². The van der Waals surface area contributed by atoms with Crippen LogP contribution >= 0.6 is 0 Å². The van der Waals surface area contributed by atoms with Crippen LogP contribution in [0.5, 0.6) is 17.2 Å². The third-order valence-electron chi connectivity index (χ3n) is 6.09. The van der Waals surface area contributed by atoms with Gasteiger partial charge in [0.25, 0.3) is 0 Å². The maximum absolute atomic E-state index is 5.61. The minimum Gasteiger partial charge on any atom is -0.493 e. The monoisotopic (exact) mass is 477 g/mol. The zero-order chi connectivity index (χ0) is 24.6. The predicted molar refractivity (Wildman–Crippen MR) is 139 cm³/mol. The topological polar surface area (TPSA) is 86.6 Å². The molecule has 0 amide bonds. The summed E-state index contributed by atoms with van der Waals surface area (Å²) in [6.07, 6.45) is 0. The van der Waals surface area contributed by atoms with Crippen LogP contribution in [0.25, 0.3) is 50.7 Å². The second kappa shape index (κ2) is 8.74. The van der Waals surface area contributed by atoms with Gasteiger partial charge < -0.3 is 19.2 Å². The molecule has 0 radical (unpaired) electrons. The van der Waals surface area contributed by atoms with E-state index in [4.69, 9.17) is 29.3 Å². The SMILES string of the molecule is COc1cc(-c2cc(-c3nc4ccccc4[nH]3)nc3cc(-c4ccccc4)nn23)cc(OC)c1OC. The van der Waals surface area contributed by atoms with E-state index in [-0.39, 0.29) is 0 Å². The molecule has 3 aromatic carbocycles. The van der Waals surface area contributed by atoms with Crippen LogP contribution in [0, 0.1) is 0 Å². The van der Waals surface area contributed by atoms with Gasteiger partial charge >= 0.3 is 0 Å². The number of aromatic amines is 1. The highest BCUT2D eigenvalue weighted by atomic mass is 16.5. The second-order valence-electron chi connectivity index (χ2n) is 8.21. The Labute approximate surface area is 207 Å². The molecule has 0 aliphatic rings. The summed E-state index contributed by atoms with van der Waals surface area (Å²) in [6, 6.07) is 25.7. The molecule has 178 valence electrons. The van der Waals surface area contributed by atoms with Gasteiger partial charge in [-0.15, -0.1) is 0 Å². The minimum atomic E-state index is 0.525. The van der Waals surface area contributed by atoms with Crippen LogP contribution in [0.2, 0.25) is 0 Å². The zero-order valence-corrected chi connectivity index (χ0v) is 20.0. The average molecular weight is 478 g/mol. The summed E-state index contributed by atoms with van der Waals surface area (Å²) < 4.78 is 18.6. The van der Waals surface area contributed by atoms with Crippen LogP contribution in [0.3, 0.4) is 0 Å². The van der Waals surface area contributed by atoms with Crippen LogP contribution in [0.1, 0.15) is 0 Å². The summed E-state index contributed by atoms with van der Waals surface area (Å²) in [7, 11) is 4.79. The molecule has 6 aromatic rings. The Hall–Kier alpha value is -4.85. The first kappa shape index (κ1) is 21.7. The fourth-order valence-electron chi connectivity index (χ4n) is 4.35. The lowest BCUT2D eigenvalue weighted by atomic mass is 10.1. The van der Waals surface area contributed by atoms with Gasteiger partial charge in [0.2, 0.25) is 5.75 Å². The van der Waals surface area contributed by atoms with Crippen molar-refractivity contribution in [2.45, 2.75) is 0 Å². The minimum absolute atomic E-state index is 0.525. The van der Waals surface area contributed by atoms with Gasteiger partial charge in [-0.05, 0) is 30.3 Å². The number of ether oxygens (including phenoxy) is 3. The summed E-state index contributed by atoms with van der Waals surface area (Å²) in [5, 5.41) is 4.90. The molecule has 0 unspecified atom stereocenters. The van der Waals surface area contributed by atoms with Gasteiger partial charge in [-0.25, -0.2) is 14.5 Å². The molecule has 3 aromatic heterocycles. The molecule has 8 nitrogen and oxygen atoms in total. The normalized spacial score (nSPS) is 11.2. The highest BCUT2D eigenvalue weighted by Gasteiger charge is 2.19. The number of methoxy groups -OCH3 is 3. The Morgan fingerprint density at radius 2 is 1.42 bits per heavy atom. The predicted octanol–water partition coefficient (Wildman–Crippen LogP) is 5.63. The average Bonchev–Trinajstić information content (AvgIpc) is 3.56. The highest BCUT2D eigenvalue weighted by molar-refractivity contribution is 5.81. The zero-order valence-electron chi connectivity index (χ0n) is 20.0. The van der Waals surface area contributed by atoms with E-state index >= 15 is 0 Å². The van der Waals surface area contributed by atoms with Crippen molar-refractivity contribution in [2.75, 3.05) is 21.3 Å². The molecule has 0 bridgehead atoms. The van der Waals surface area contributed by atoms with Crippen molar-refractivity contribution in [1.29, 1.82) is 0 Å². The Kier molecular flexibility index (Phi) is 5.26. The van der Waals surface area contributed by atoms with Crippen LogP contribution < -0.4 is 14.2 Å². The Morgan fingerprint density at radius 3 is 2.11 bits per heavy atom. The summed E-state index contributed by atoms with van der Waals surface area (Å²) >= 11 is 0. The number of fused-ring (bicyclic) bond motifs is 2. The van der Waals surface area contributed by atoms with Gasteiger partial charge in [0.15, 0.2) is 23.0 Å². The lowest BCUT2D eigenvalue weighted by molar-refractivity contribution is 0.324. The van der Waals surface area contributed by atoms with E-state index in [0.29, 0.717) is 34.4 Å². The number of nitrogens with zero attached hydrogens (tertiary/aromatic N) is 4. The van der Waals surface area contributed by atoms with Crippen LogP contribution in [-0.2, 0) is 0 Å². The van der Waals surface area contributed by atoms with Crippen molar-refractivity contribution in [3.8, 4) is 51.3 Å². The molecule has 0 fully saturated rings. The van der Waals surface area contributed by atoms with Gasteiger partial charge in [-0.2, -0.15) is 5.10 Å². The van der Waals surface area contributed by atoms with Crippen molar-refractivity contribution in [2.24, 2.45) is 0 Å². The molecule has 0 aliphatic carbocycles. The smallest absolute Gasteiger partial charge is 0.203 e. The maximum atomic E-state index is 5.61. The molecule has 0 spiro atoms. The van der Waals surface area contributed by atoms with Gasteiger partial charge in [-0.1, -0.05) is 42.5 Å². The highest BCUT2D eigenvalue weighted by Crippen LogP contribution is 2.41. The second-order valence-corrected chi connectivity index (χ2v) is 8.21. The summed E-state index contributed by atoms with van der Waals surface area (Å²) in [4.78, 5) is 13.1. The molecule has 36 heavy (non-hydrogen) atoms. The third-order valence-corrected chi connectivity index (χ3v) is 6.09.